The summed E-state index contributed by atoms with van der Waals surface area (Å²) in [5.41, 5.74) is 2.68. The van der Waals surface area contributed by atoms with E-state index in [0.717, 1.165) is 32.1 Å². The lowest BCUT2D eigenvalue weighted by Gasteiger charge is -2.16. The largest absolute Gasteiger partial charge is 0.229 e. The summed E-state index contributed by atoms with van der Waals surface area (Å²) in [5, 5.41) is 0. The Labute approximate surface area is 137 Å². The van der Waals surface area contributed by atoms with Crippen molar-refractivity contribution in [2.24, 2.45) is 5.92 Å². The van der Waals surface area contributed by atoms with E-state index in [2.05, 4.69) is 45.0 Å². The number of sulfone groups is 1. The molecule has 0 radical (unpaired) electrons. The molecule has 0 fully saturated rings. The van der Waals surface area contributed by atoms with Gasteiger partial charge in [-0.05, 0) is 43.6 Å². The maximum atomic E-state index is 11.9. The van der Waals surface area contributed by atoms with Gasteiger partial charge in [-0.25, -0.2) is 8.42 Å². The predicted molar refractivity (Wildman–Crippen MR) is 96.2 cm³/mol. The zero-order valence-corrected chi connectivity index (χ0v) is 15.5. The van der Waals surface area contributed by atoms with Gasteiger partial charge in [0.1, 0.15) is 9.84 Å². The molecule has 0 amide bonds. The molecule has 0 aliphatic heterocycles. The van der Waals surface area contributed by atoms with Gasteiger partial charge < -0.3 is 0 Å². The van der Waals surface area contributed by atoms with Crippen LogP contribution >= 0.6 is 0 Å². The molecule has 22 heavy (non-hydrogen) atoms. The first kappa shape index (κ1) is 19.2. The Kier molecular flexibility index (Phi) is 8.16. The molecule has 1 rings (SSSR count). The van der Waals surface area contributed by atoms with Gasteiger partial charge in [-0.2, -0.15) is 0 Å². The Morgan fingerprint density at radius 3 is 2.18 bits per heavy atom. The second kappa shape index (κ2) is 9.34. The van der Waals surface area contributed by atoms with E-state index in [1.165, 1.54) is 11.1 Å². The average Bonchev–Trinajstić information content (AvgIpc) is 2.49. The molecule has 0 bridgehead atoms. The second-order valence-corrected chi connectivity index (χ2v) is 9.09. The summed E-state index contributed by atoms with van der Waals surface area (Å²) in [4.78, 5) is 0. The van der Waals surface area contributed by atoms with Crippen molar-refractivity contribution in [2.75, 3.05) is 11.5 Å². The molecule has 2 nitrogen and oxygen atoms in total. The van der Waals surface area contributed by atoms with Crippen LogP contribution in [-0.2, 0) is 9.84 Å². The predicted octanol–water partition coefficient (Wildman–Crippen LogP) is 5.12. The Morgan fingerprint density at radius 1 is 0.955 bits per heavy atom. The van der Waals surface area contributed by atoms with Crippen molar-refractivity contribution in [3.63, 3.8) is 0 Å². The van der Waals surface area contributed by atoms with Gasteiger partial charge in [-0.15, -0.1) is 0 Å². The highest BCUT2D eigenvalue weighted by atomic mass is 32.2. The zero-order valence-electron chi connectivity index (χ0n) is 14.6. The Balaban J connectivity index is 2.33. The molecular weight excluding hydrogens is 292 g/mol. The standard InChI is InChI=1S/C19H32O2S/c1-5-6-14-22(20,21)15-13-17(3)7-10-18(4)19-11-8-16(2)9-12-19/h8-9,11-12,17-18H,5-7,10,13-15H2,1-4H3. The van der Waals surface area contributed by atoms with E-state index in [1.54, 1.807) is 0 Å². The molecule has 0 aliphatic rings. The summed E-state index contributed by atoms with van der Waals surface area (Å²) in [5.74, 6) is 1.73. The second-order valence-electron chi connectivity index (χ2n) is 6.79. The average molecular weight is 325 g/mol. The maximum absolute atomic E-state index is 11.9. The molecule has 2 unspecified atom stereocenters. The van der Waals surface area contributed by atoms with Crippen molar-refractivity contribution < 1.29 is 8.42 Å². The molecule has 126 valence electrons. The zero-order chi connectivity index (χ0) is 16.6. The van der Waals surface area contributed by atoms with E-state index in [1.807, 2.05) is 6.92 Å². The summed E-state index contributed by atoms with van der Waals surface area (Å²) in [6.45, 7) is 8.58. The van der Waals surface area contributed by atoms with Crippen LogP contribution in [0.25, 0.3) is 0 Å². The van der Waals surface area contributed by atoms with E-state index < -0.39 is 9.84 Å². The fourth-order valence-electron chi connectivity index (χ4n) is 2.59. The van der Waals surface area contributed by atoms with Crippen LogP contribution in [0, 0.1) is 12.8 Å². The summed E-state index contributed by atoms with van der Waals surface area (Å²) >= 11 is 0. The number of unbranched alkanes of at least 4 members (excludes halogenated alkanes) is 1. The van der Waals surface area contributed by atoms with Gasteiger partial charge in [0.15, 0.2) is 0 Å². The fourth-order valence-corrected chi connectivity index (χ4v) is 4.28. The van der Waals surface area contributed by atoms with Crippen LogP contribution in [0.1, 0.15) is 69.9 Å². The Morgan fingerprint density at radius 2 is 1.59 bits per heavy atom. The molecule has 3 heteroatoms. The summed E-state index contributed by atoms with van der Waals surface area (Å²) < 4.78 is 23.8. The maximum Gasteiger partial charge on any atom is 0.150 e. The molecule has 1 aromatic carbocycles. The minimum Gasteiger partial charge on any atom is -0.229 e. The van der Waals surface area contributed by atoms with Gasteiger partial charge >= 0.3 is 0 Å². The summed E-state index contributed by atoms with van der Waals surface area (Å²) in [6.07, 6.45) is 4.76. The van der Waals surface area contributed by atoms with Gasteiger partial charge in [0.05, 0.1) is 11.5 Å². The number of rotatable bonds is 10. The first-order valence-electron chi connectivity index (χ1n) is 8.61. The fraction of sp³-hybridized carbons (Fsp3) is 0.684. The molecule has 0 aliphatic carbocycles. The van der Waals surface area contributed by atoms with Gasteiger partial charge in [0.2, 0.25) is 0 Å². The SMILES string of the molecule is CCCCS(=O)(=O)CCC(C)CCC(C)c1ccc(C)cc1. The van der Waals surface area contributed by atoms with Crippen LogP contribution in [-0.4, -0.2) is 19.9 Å². The van der Waals surface area contributed by atoms with Crippen LogP contribution in [0.2, 0.25) is 0 Å². The molecule has 1 aromatic rings. The van der Waals surface area contributed by atoms with E-state index >= 15 is 0 Å². The first-order chi connectivity index (χ1) is 10.3. The lowest BCUT2D eigenvalue weighted by molar-refractivity contribution is 0.467. The number of hydrogen-bond acceptors (Lipinski definition) is 2. The van der Waals surface area contributed by atoms with Crippen molar-refractivity contribution in [3.8, 4) is 0 Å². The molecule has 0 saturated heterocycles. The molecule has 2 atom stereocenters. The van der Waals surface area contributed by atoms with Crippen molar-refractivity contribution in [1.29, 1.82) is 0 Å². The van der Waals surface area contributed by atoms with E-state index in [0.29, 0.717) is 23.3 Å². The molecule has 0 N–H and O–H groups in total. The lowest BCUT2D eigenvalue weighted by atomic mass is 9.91. The number of aryl methyl sites for hydroxylation is 1. The summed E-state index contributed by atoms with van der Waals surface area (Å²) in [7, 11) is -2.83. The summed E-state index contributed by atoms with van der Waals surface area (Å²) in [6, 6.07) is 8.74. The molecule has 0 spiro atoms. The monoisotopic (exact) mass is 324 g/mol. The van der Waals surface area contributed by atoms with E-state index in [-0.39, 0.29) is 0 Å². The van der Waals surface area contributed by atoms with E-state index in [4.69, 9.17) is 0 Å². The van der Waals surface area contributed by atoms with Crippen LogP contribution in [0.15, 0.2) is 24.3 Å². The number of benzene rings is 1. The third-order valence-corrected chi connectivity index (χ3v) is 6.24. The highest BCUT2D eigenvalue weighted by Gasteiger charge is 2.14. The molecular formula is C19H32O2S. The van der Waals surface area contributed by atoms with Gasteiger partial charge in [-0.3, -0.25) is 0 Å². The van der Waals surface area contributed by atoms with Crippen LogP contribution < -0.4 is 0 Å². The smallest absolute Gasteiger partial charge is 0.150 e. The molecule has 0 aromatic heterocycles. The third-order valence-electron chi connectivity index (χ3n) is 4.47. The highest BCUT2D eigenvalue weighted by Crippen LogP contribution is 2.24. The lowest BCUT2D eigenvalue weighted by Crippen LogP contribution is -2.13. The van der Waals surface area contributed by atoms with Crippen molar-refractivity contribution >= 4 is 9.84 Å². The van der Waals surface area contributed by atoms with Crippen molar-refractivity contribution in [1.82, 2.24) is 0 Å². The normalized spacial score (nSPS) is 14.7. The van der Waals surface area contributed by atoms with E-state index in [9.17, 15) is 8.42 Å². The van der Waals surface area contributed by atoms with Crippen LogP contribution in [0.4, 0.5) is 0 Å². The van der Waals surface area contributed by atoms with Crippen LogP contribution in [0.5, 0.6) is 0 Å². The Bertz CT molecular complexity index is 517. The van der Waals surface area contributed by atoms with Crippen LogP contribution in [0.3, 0.4) is 0 Å². The Hall–Kier alpha value is -0.830. The van der Waals surface area contributed by atoms with Crippen molar-refractivity contribution in [2.45, 2.75) is 65.7 Å². The third kappa shape index (κ3) is 7.44. The van der Waals surface area contributed by atoms with Gasteiger partial charge in [-0.1, -0.05) is 63.4 Å². The molecule has 0 saturated carbocycles. The first-order valence-corrected chi connectivity index (χ1v) is 10.4. The van der Waals surface area contributed by atoms with Gasteiger partial charge in [0, 0.05) is 0 Å². The topological polar surface area (TPSA) is 34.1 Å². The van der Waals surface area contributed by atoms with Crippen molar-refractivity contribution in [3.05, 3.63) is 35.4 Å². The minimum absolute atomic E-state index is 0.354. The quantitative estimate of drug-likeness (QED) is 0.598. The molecule has 0 heterocycles. The number of hydrogen-bond donors (Lipinski definition) is 0. The highest BCUT2D eigenvalue weighted by molar-refractivity contribution is 7.91. The van der Waals surface area contributed by atoms with Gasteiger partial charge in [0.25, 0.3) is 0 Å². The minimum atomic E-state index is -2.83.